The zero-order chi connectivity index (χ0) is 21.8. The van der Waals surface area contributed by atoms with Crippen LogP contribution in [0.2, 0.25) is 0 Å². The van der Waals surface area contributed by atoms with E-state index in [1.807, 2.05) is 84.0 Å². The first-order valence-corrected chi connectivity index (χ1v) is 10.1. The lowest BCUT2D eigenvalue weighted by Crippen LogP contribution is -2.25. The minimum Gasteiger partial charge on any atom is -0.456 e. The average Bonchev–Trinajstić information content (AvgIpc) is 3.15. The Bertz CT molecular complexity index is 1180. The highest BCUT2D eigenvalue weighted by Gasteiger charge is 2.37. The molecule has 4 rings (SSSR count). The summed E-state index contributed by atoms with van der Waals surface area (Å²) in [5, 5.41) is 2.04. The molecule has 154 valence electrons. The van der Waals surface area contributed by atoms with E-state index in [4.69, 9.17) is 9.47 Å². The van der Waals surface area contributed by atoms with Gasteiger partial charge in [-0.3, -0.25) is 0 Å². The van der Waals surface area contributed by atoms with Gasteiger partial charge in [-0.15, -0.1) is 0 Å². The molecule has 4 heteroatoms. The second kappa shape index (κ2) is 6.69. The molecule has 2 aromatic carbocycles. The van der Waals surface area contributed by atoms with Crippen molar-refractivity contribution in [3.63, 3.8) is 0 Å². The third-order valence-electron chi connectivity index (χ3n) is 4.87. The molecule has 0 saturated heterocycles. The van der Waals surface area contributed by atoms with E-state index < -0.39 is 17.2 Å². The van der Waals surface area contributed by atoms with Gasteiger partial charge in [-0.1, -0.05) is 36.4 Å². The topological polar surface area (TPSA) is 52.6 Å². The van der Waals surface area contributed by atoms with Gasteiger partial charge in [-0.05, 0) is 81.2 Å². The SMILES string of the molecule is CC(C)(C)OC(=O)C1=CC2=C(C(=O)OC(C)(C)C)c3c(ccc4ccccc34)C2=C1. The molecule has 0 aliphatic heterocycles. The maximum absolute atomic E-state index is 13.3. The Morgan fingerprint density at radius 2 is 1.40 bits per heavy atom. The highest BCUT2D eigenvalue weighted by atomic mass is 16.6. The molecule has 0 amide bonds. The van der Waals surface area contributed by atoms with Crippen LogP contribution in [0.3, 0.4) is 0 Å². The highest BCUT2D eigenvalue weighted by molar-refractivity contribution is 6.31. The van der Waals surface area contributed by atoms with Crippen LogP contribution in [0.25, 0.3) is 21.9 Å². The first-order valence-electron chi connectivity index (χ1n) is 10.1. The molecule has 0 N–H and O–H groups in total. The largest absolute Gasteiger partial charge is 0.456 e. The average molecular weight is 402 g/mol. The van der Waals surface area contributed by atoms with Gasteiger partial charge in [-0.2, -0.15) is 0 Å². The monoisotopic (exact) mass is 402 g/mol. The van der Waals surface area contributed by atoms with Crippen LogP contribution in [0.15, 0.2) is 59.7 Å². The van der Waals surface area contributed by atoms with E-state index in [0.29, 0.717) is 11.1 Å². The van der Waals surface area contributed by atoms with Crippen LogP contribution in [-0.4, -0.2) is 23.1 Å². The van der Waals surface area contributed by atoms with Gasteiger partial charge in [-0.25, -0.2) is 9.59 Å². The second-order valence-electron chi connectivity index (χ2n) is 9.66. The van der Waals surface area contributed by atoms with Crippen LogP contribution in [-0.2, 0) is 19.1 Å². The highest BCUT2D eigenvalue weighted by Crippen LogP contribution is 2.49. The molecule has 30 heavy (non-hydrogen) atoms. The molecule has 0 atom stereocenters. The number of hydrogen-bond donors (Lipinski definition) is 0. The quantitative estimate of drug-likeness (QED) is 0.612. The predicted molar refractivity (Wildman–Crippen MR) is 119 cm³/mol. The Hall–Kier alpha value is -3.14. The fourth-order valence-electron chi connectivity index (χ4n) is 3.83. The fourth-order valence-corrected chi connectivity index (χ4v) is 3.83. The van der Waals surface area contributed by atoms with Crippen LogP contribution in [0.5, 0.6) is 0 Å². The molecule has 2 aromatic rings. The van der Waals surface area contributed by atoms with Crippen molar-refractivity contribution in [1.82, 2.24) is 0 Å². The van der Waals surface area contributed by atoms with Crippen molar-refractivity contribution in [1.29, 1.82) is 0 Å². The van der Waals surface area contributed by atoms with Crippen LogP contribution in [0.4, 0.5) is 0 Å². The summed E-state index contributed by atoms with van der Waals surface area (Å²) in [7, 11) is 0. The van der Waals surface area contributed by atoms with Crippen molar-refractivity contribution in [3.05, 3.63) is 70.8 Å². The van der Waals surface area contributed by atoms with Crippen molar-refractivity contribution < 1.29 is 19.1 Å². The van der Waals surface area contributed by atoms with Crippen LogP contribution in [0, 0.1) is 0 Å². The Morgan fingerprint density at radius 3 is 2.07 bits per heavy atom. The molecule has 0 aromatic heterocycles. The molecule has 4 nitrogen and oxygen atoms in total. The minimum absolute atomic E-state index is 0.389. The molecular weight excluding hydrogens is 376 g/mol. The molecule has 0 radical (unpaired) electrons. The predicted octanol–water partition coefficient (Wildman–Crippen LogP) is 5.61. The lowest BCUT2D eigenvalue weighted by atomic mass is 9.95. The van der Waals surface area contributed by atoms with E-state index in [0.717, 1.165) is 33.0 Å². The number of allylic oxidation sites excluding steroid dienone is 3. The van der Waals surface area contributed by atoms with Gasteiger partial charge in [0.1, 0.15) is 11.2 Å². The Balaban J connectivity index is 1.90. The lowest BCUT2D eigenvalue weighted by Gasteiger charge is -2.21. The maximum Gasteiger partial charge on any atom is 0.339 e. The summed E-state index contributed by atoms with van der Waals surface area (Å²) in [6.45, 7) is 11.1. The standard InChI is InChI=1S/C26H26O4/c1-25(2,3)29-23(27)16-13-19-18-12-11-15-9-7-8-10-17(15)21(18)22(20(19)14-16)24(28)30-26(4,5)6/h7-14H,1-6H3. The number of benzene rings is 2. The Morgan fingerprint density at radius 1 is 0.767 bits per heavy atom. The molecule has 0 saturated carbocycles. The first kappa shape index (κ1) is 20.1. The van der Waals surface area contributed by atoms with Crippen molar-refractivity contribution in [2.75, 3.05) is 0 Å². The van der Waals surface area contributed by atoms with Crippen molar-refractivity contribution in [3.8, 4) is 0 Å². The number of ether oxygens (including phenoxy) is 2. The van der Waals surface area contributed by atoms with Crippen molar-refractivity contribution in [2.24, 2.45) is 0 Å². The van der Waals surface area contributed by atoms with E-state index in [1.54, 1.807) is 6.08 Å². The number of esters is 2. The molecule has 0 heterocycles. The molecule has 2 aliphatic rings. The zero-order valence-corrected chi connectivity index (χ0v) is 18.3. The number of fused-ring (bicyclic) bond motifs is 5. The van der Waals surface area contributed by atoms with E-state index >= 15 is 0 Å². The van der Waals surface area contributed by atoms with Gasteiger partial charge < -0.3 is 9.47 Å². The molecular formula is C26H26O4. The van der Waals surface area contributed by atoms with Crippen LogP contribution in [0.1, 0.15) is 52.7 Å². The summed E-state index contributed by atoms with van der Waals surface area (Å²) in [6.07, 6.45) is 3.56. The fraction of sp³-hybridized carbons (Fsp3) is 0.308. The van der Waals surface area contributed by atoms with E-state index in [-0.39, 0.29) is 5.97 Å². The van der Waals surface area contributed by atoms with E-state index in [2.05, 4.69) is 0 Å². The second-order valence-corrected chi connectivity index (χ2v) is 9.66. The van der Waals surface area contributed by atoms with Gasteiger partial charge in [0, 0.05) is 5.56 Å². The summed E-state index contributed by atoms with van der Waals surface area (Å²) < 4.78 is 11.3. The van der Waals surface area contributed by atoms with Crippen molar-refractivity contribution >= 4 is 33.9 Å². The minimum atomic E-state index is -0.627. The third kappa shape index (κ3) is 3.58. The normalized spacial score (nSPS) is 15.5. The van der Waals surface area contributed by atoms with Gasteiger partial charge in [0.05, 0.1) is 11.1 Å². The molecule has 0 fully saturated rings. The van der Waals surface area contributed by atoms with Crippen LogP contribution < -0.4 is 0 Å². The summed E-state index contributed by atoms with van der Waals surface area (Å²) >= 11 is 0. The molecule has 2 aliphatic carbocycles. The maximum atomic E-state index is 13.3. The third-order valence-corrected chi connectivity index (χ3v) is 4.87. The summed E-state index contributed by atoms with van der Waals surface area (Å²) in [4.78, 5) is 25.9. The van der Waals surface area contributed by atoms with Crippen molar-refractivity contribution in [2.45, 2.75) is 52.7 Å². The van der Waals surface area contributed by atoms with E-state index in [1.165, 1.54) is 0 Å². The van der Waals surface area contributed by atoms with Gasteiger partial charge in [0.15, 0.2) is 0 Å². The lowest BCUT2D eigenvalue weighted by molar-refractivity contribution is -0.149. The van der Waals surface area contributed by atoms with Gasteiger partial charge in [0.25, 0.3) is 0 Å². The van der Waals surface area contributed by atoms with Gasteiger partial charge in [0.2, 0.25) is 0 Å². The molecule has 0 spiro atoms. The summed E-state index contributed by atoms with van der Waals surface area (Å²) in [6, 6.07) is 12.0. The summed E-state index contributed by atoms with van der Waals surface area (Å²) in [5.74, 6) is -0.789. The number of carbonyl (C=O) groups is 2. The van der Waals surface area contributed by atoms with E-state index in [9.17, 15) is 9.59 Å². The zero-order valence-electron chi connectivity index (χ0n) is 18.3. The van der Waals surface area contributed by atoms with Crippen LogP contribution >= 0.6 is 0 Å². The summed E-state index contributed by atoms with van der Waals surface area (Å²) in [5.41, 5.74) is 3.09. The number of carbonyl (C=O) groups excluding carboxylic acids is 2. The first-order chi connectivity index (χ1) is 13.9. The number of hydrogen-bond acceptors (Lipinski definition) is 4. The number of rotatable bonds is 2. The smallest absolute Gasteiger partial charge is 0.339 e. The Labute approximate surface area is 176 Å². The molecule has 0 unspecified atom stereocenters. The Kier molecular flexibility index (Phi) is 4.50. The molecule has 0 bridgehead atoms. The van der Waals surface area contributed by atoms with Gasteiger partial charge >= 0.3 is 11.9 Å².